The quantitative estimate of drug-likeness (QED) is 0.0484. The van der Waals surface area contributed by atoms with Gasteiger partial charge in [0.25, 0.3) is 0 Å². The van der Waals surface area contributed by atoms with Gasteiger partial charge in [-0.3, -0.25) is 23.4 Å². The lowest BCUT2D eigenvalue weighted by atomic mass is 10.1. The average Bonchev–Trinajstić information content (AvgIpc) is 2.93. The SMILES string of the molecule is CCCCCCCCCCCCC(=O)O[C@H](COC(=O)CCCCCCCCC)COP(=O)(O)OC[C@H](N)C(=O)O. The van der Waals surface area contributed by atoms with Gasteiger partial charge in [-0.2, -0.15) is 0 Å². The molecule has 11 nitrogen and oxygen atoms in total. The summed E-state index contributed by atoms with van der Waals surface area (Å²) in [4.78, 5) is 45.2. The van der Waals surface area contributed by atoms with Crippen molar-refractivity contribution < 1.29 is 47.5 Å². The van der Waals surface area contributed by atoms with Gasteiger partial charge in [0.2, 0.25) is 0 Å². The summed E-state index contributed by atoms with van der Waals surface area (Å²) >= 11 is 0. The van der Waals surface area contributed by atoms with Crippen LogP contribution in [0.4, 0.5) is 0 Å². The summed E-state index contributed by atoms with van der Waals surface area (Å²) in [6.07, 6.45) is 17.9. The first kappa shape index (κ1) is 39.5. The predicted molar refractivity (Wildman–Crippen MR) is 157 cm³/mol. The number of carboxylic acids is 1. The van der Waals surface area contributed by atoms with Crippen LogP contribution in [-0.4, -0.2) is 59.9 Å². The standard InChI is InChI=1S/C29H56NO10P/c1-3-5-7-9-11-12-13-15-17-19-21-28(32)40-25(23-38-41(35,36)39-24-26(30)29(33)34)22-37-27(31)20-18-16-14-10-8-6-4-2/h25-26H,3-24,30H2,1-2H3,(H,33,34)(H,35,36)/t25-,26+/m1/s1. The van der Waals surface area contributed by atoms with E-state index in [1.165, 1.54) is 57.8 Å². The van der Waals surface area contributed by atoms with Gasteiger partial charge in [0.05, 0.1) is 13.2 Å². The summed E-state index contributed by atoms with van der Waals surface area (Å²) in [7, 11) is -4.69. The molecule has 41 heavy (non-hydrogen) atoms. The molecule has 12 heteroatoms. The molecule has 4 N–H and O–H groups in total. The molecular formula is C29H56NO10P. The molecule has 0 aromatic heterocycles. The molecular weight excluding hydrogens is 553 g/mol. The molecule has 0 rings (SSSR count). The highest BCUT2D eigenvalue weighted by atomic mass is 31.2. The Hall–Kier alpha value is -1.52. The number of rotatable bonds is 29. The van der Waals surface area contributed by atoms with Gasteiger partial charge >= 0.3 is 25.7 Å². The number of hydrogen-bond donors (Lipinski definition) is 3. The fourth-order valence-corrected chi connectivity index (χ4v) is 4.84. The van der Waals surface area contributed by atoms with Crippen molar-refractivity contribution in [2.45, 2.75) is 148 Å². The maximum Gasteiger partial charge on any atom is 0.472 e. The van der Waals surface area contributed by atoms with Crippen LogP contribution in [0, 0.1) is 0 Å². The Morgan fingerprint density at radius 3 is 1.54 bits per heavy atom. The lowest BCUT2D eigenvalue weighted by Gasteiger charge is -2.20. The van der Waals surface area contributed by atoms with Crippen LogP contribution in [0.25, 0.3) is 0 Å². The minimum absolute atomic E-state index is 0.166. The number of esters is 2. The minimum Gasteiger partial charge on any atom is -0.480 e. The van der Waals surface area contributed by atoms with Gasteiger partial charge in [-0.15, -0.1) is 0 Å². The van der Waals surface area contributed by atoms with E-state index in [0.29, 0.717) is 12.8 Å². The largest absolute Gasteiger partial charge is 0.480 e. The molecule has 242 valence electrons. The zero-order valence-corrected chi connectivity index (χ0v) is 26.3. The number of aliphatic carboxylic acids is 1. The van der Waals surface area contributed by atoms with E-state index in [1.807, 2.05) is 0 Å². The van der Waals surface area contributed by atoms with E-state index in [-0.39, 0.29) is 19.4 Å². The predicted octanol–water partition coefficient (Wildman–Crippen LogP) is 6.44. The Morgan fingerprint density at radius 1 is 0.659 bits per heavy atom. The Balaban J connectivity index is 4.55. The number of carbonyl (C=O) groups is 3. The fraction of sp³-hybridized carbons (Fsp3) is 0.897. The summed E-state index contributed by atoms with van der Waals surface area (Å²) in [5, 5.41) is 8.79. The molecule has 0 amide bonds. The maximum absolute atomic E-state index is 12.4. The molecule has 0 spiro atoms. The van der Waals surface area contributed by atoms with Crippen LogP contribution in [0.3, 0.4) is 0 Å². The van der Waals surface area contributed by atoms with Gasteiger partial charge in [0, 0.05) is 12.8 Å². The van der Waals surface area contributed by atoms with Gasteiger partial charge in [-0.25, -0.2) is 4.57 Å². The van der Waals surface area contributed by atoms with Crippen molar-refractivity contribution in [2.24, 2.45) is 5.73 Å². The maximum atomic E-state index is 12.4. The van der Waals surface area contributed by atoms with Gasteiger partial charge < -0.3 is 25.2 Å². The Kier molecular flexibility index (Phi) is 25.2. The molecule has 0 saturated heterocycles. The van der Waals surface area contributed by atoms with E-state index in [9.17, 15) is 23.8 Å². The molecule has 0 aliphatic carbocycles. The van der Waals surface area contributed by atoms with E-state index in [2.05, 4.69) is 18.4 Å². The Bertz CT molecular complexity index is 736. The second-order valence-corrected chi connectivity index (χ2v) is 12.1. The van der Waals surface area contributed by atoms with Crippen molar-refractivity contribution in [3.05, 3.63) is 0 Å². The van der Waals surface area contributed by atoms with Crippen LogP contribution in [0.2, 0.25) is 0 Å². The van der Waals surface area contributed by atoms with Crippen LogP contribution < -0.4 is 5.73 Å². The van der Waals surface area contributed by atoms with E-state index >= 15 is 0 Å². The van der Waals surface area contributed by atoms with E-state index in [1.54, 1.807) is 0 Å². The topological polar surface area (TPSA) is 172 Å². The summed E-state index contributed by atoms with van der Waals surface area (Å²) in [6, 6.07) is -1.51. The fourth-order valence-electron chi connectivity index (χ4n) is 4.06. The minimum atomic E-state index is -4.69. The first-order chi connectivity index (χ1) is 19.6. The number of phosphoric ester groups is 1. The number of carbonyl (C=O) groups excluding carboxylic acids is 2. The van der Waals surface area contributed by atoms with Gasteiger partial charge in [0.1, 0.15) is 12.6 Å². The number of carboxylic acid groups (broad SMARTS) is 1. The van der Waals surface area contributed by atoms with E-state index in [0.717, 1.165) is 38.5 Å². The molecule has 0 bridgehead atoms. The third kappa shape index (κ3) is 25.9. The normalized spacial score (nSPS) is 14.2. The highest BCUT2D eigenvalue weighted by molar-refractivity contribution is 7.47. The number of ether oxygens (including phenoxy) is 2. The third-order valence-electron chi connectivity index (χ3n) is 6.61. The molecule has 0 aromatic rings. The third-order valence-corrected chi connectivity index (χ3v) is 7.56. The lowest BCUT2D eigenvalue weighted by Crippen LogP contribution is -2.34. The highest BCUT2D eigenvalue weighted by Gasteiger charge is 2.28. The Labute approximate surface area is 246 Å². The molecule has 0 aliphatic rings. The molecule has 0 aliphatic heterocycles. The van der Waals surface area contributed by atoms with Crippen molar-refractivity contribution in [2.75, 3.05) is 19.8 Å². The van der Waals surface area contributed by atoms with Crippen LogP contribution in [0.5, 0.6) is 0 Å². The summed E-state index contributed by atoms with van der Waals surface area (Å²) in [5.41, 5.74) is 5.28. The summed E-state index contributed by atoms with van der Waals surface area (Å²) < 4.78 is 32.2. The number of phosphoric acid groups is 1. The first-order valence-corrected chi connectivity index (χ1v) is 17.1. The van der Waals surface area contributed by atoms with Crippen LogP contribution in [0.1, 0.15) is 136 Å². The second-order valence-electron chi connectivity index (χ2n) is 10.6. The van der Waals surface area contributed by atoms with Gasteiger partial charge in [0.15, 0.2) is 6.10 Å². The molecule has 0 heterocycles. The lowest BCUT2D eigenvalue weighted by molar-refractivity contribution is -0.161. The van der Waals surface area contributed by atoms with Crippen LogP contribution in [0.15, 0.2) is 0 Å². The molecule has 3 atom stereocenters. The zero-order chi connectivity index (χ0) is 30.8. The molecule has 0 saturated carbocycles. The molecule has 0 fully saturated rings. The van der Waals surface area contributed by atoms with E-state index in [4.69, 9.17) is 24.8 Å². The van der Waals surface area contributed by atoms with Crippen LogP contribution >= 0.6 is 7.82 Å². The Morgan fingerprint density at radius 2 is 1.07 bits per heavy atom. The van der Waals surface area contributed by atoms with Crippen LogP contribution in [-0.2, 0) is 37.5 Å². The molecule has 1 unspecified atom stereocenters. The second kappa shape index (κ2) is 26.1. The van der Waals surface area contributed by atoms with Crippen molar-refractivity contribution in [3.8, 4) is 0 Å². The van der Waals surface area contributed by atoms with Crippen molar-refractivity contribution in [3.63, 3.8) is 0 Å². The molecule has 0 radical (unpaired) electrons. The monoisotopic (exact) mass is 609 g/mol. The summed E-state index contributed by atoms with van der Waals surface area (Å²) in [6.45, 7) is 2.69. The zero-order valence-electron chi connectivity index (χ0n) is 25.4. The first-order valence-electron chi connectivity index (χ1n) is 15.6. The average molecular weight is 610 g/mol. The smallest absolute Gasteiger partial charge is 0.472 e. The van der Waals surface area contributed by atoms with Gasteiger partial charge in [-0.05, 0) is 12.8 Å². The highest BCUT2D eigenvalue weighted by Crippen LogP contribution is 2.43. The van der Waals surface area contributed by atoms with Crippen molar-refractivity contribution in [1.82, 2.24) is 0 Å². The van der Waals surface area contributed by atoms with Crippen molar-refractivity contribution in [1.29, 1.82) is 0 Å². The summed E-state index contributed by atoms with van der Waals surface area (Å²) in [5.74, 6) is -2.38. The van der Waals surface area contributed by atoms with E-state index < -0.39 is 51.1 Å². The number of nitrogens with two attached hydrogens (primary N) is 1. The molecule has 0 aromatic carbocycles. The van der Waals surface area contributed by atoms with Gasteiger partial charge in [-0.1, -0.05) is 110 Å². The number of unbranched alkanes of at least 4 members (excludes halogenated alkanes) is 15. The number of hydrogen-bond acceptors (Lipinski definition) is 9. The van der Waals surface area contributed by atoms with Crippen molar-refractivity contribution >= 4 is 25.7 Å².